The fourth-order valence-electron chi connectivity index (χ4n) is 2.10. The summed E-state index contributed by atoms with van der Waals surface area (Å²) in [6.07, 6.45) is 5.58. The lowest BCUT2D eigenvalue weighted by atomic mass is 10.3. The van der Waals surface area contributed by atoms with Crippen molar-refractivity contribution >= 4 is 0 Å². The van der Waals surface area contributed by atoms with Crippen molar-refractivity contribution in [2.45, 2.75) is 33.0 Å². The Morgan fingerprint density at radius 2 is 2.27 bits per heavy atom. The van der Waals surface area contributed by atoms with Crippen molar-refractivity contribution in [2.75, 3.05) is 0 Å². The quantitative estimate of drug-likeness (QED) is 0.747. The van der Waals surface area contributed by atoms with E-state index in [1.165, 1.54) is 0 Å². The van der Waals surface area contributed by atoms with E-state index >= 15 is 0 Å². The fraction of sp³-hybridized carbons (Fsp3) is 0.333. The van der Waals surface area contributed by atoms with Crippen molar-refractivity contribution in [1.82, 2.24) is 30.2 Å². The van der Waals surface area contributed by atoms with Crippen molar-refractivity contribution in [3.05, 3.63) is 48.2 Å². The first-order chi connectivity index (χ1) is 10.7. The third-order valence-corrected chi connectivity index (χ3v) is 3.19. The molecule has 3 aromatic rings. The van der Waals surface area contributed by atoms with Crippen LogP contribution in [0.15, 0.2) is 41.3 Å². The van der Waals surface area contributed by atoms with Crippen molar-refractivity contribution in [3.8, 4) is 11.5 Å². The second-order valence-electron chi connectivity index (χ2n) is 5.25. The third kappa shape index (κ3) is 3.56. The first kappa shape index (κ1) is 14.4. The van der Waals surface area contributed by atoms with Crippen LogP contribution in [0.2, 0.25) is 0 Å². The van der Waals surface area contributed by atoms with E-state index in [2.05, 4.69) is 32.5 Å². The minimum atomic E-state index is 0.240. The summed E-state index contributed by atoms with van der Waals surface area (Å²) in [4.78, 5) is 8.54. The maximum atomic E-state index is 5.24. The molecule has 0 aliphatic rings. The molecule has 3 heterocycles. The first-order valence-corrected chi connectivity index (χ1v) is 7.17. The van der Waals surface area contributed by atoms with Gasteiger partial charge in [0.25, 0.3) is 0 Å². The van der Waals surface area contributed by atoms with Gasteiger partial charge < -0.3 is 9.84 Å². The van der Waals surface area contributed by atoms with Crippen molar-refractivity contribution in [3.63, 3.8) is 0 Å². The van der Waals surface area contributed by atoms with Crippen LogP contribution in [-0.2, 0) is 13.1 Å². The normalized spacial score (nSPS) is 12.5. The van der Waals surface area contributed by atoms with Gasteiger partial charge in [0.1, 0.15) is 5.69 Å². The molecule has 0 amide bonds. The number of nitrogens with one attached hydrogen (secondary N) is 1. The number of hydrogen-bond acceptors (Lipinski definition) is 6. The minimum absolute atomic E-state index is 0.240. The Labute approximate surface area is 128 Å². The molecule has 0 aliphatic carbocycles. The monoisotopic (exact) mass is 298 g/mol. The molecule has 0 radical (unpaired) electrons. The predicted octanol–water partition coefficient (Wildman–Crippen LogP) is 1.81. The van der Waals surface area contributed by atoms with Crippen LogP contribution < -0.4 is 5.32 Å². The highest BCUT2D eigenvalue weighted by Gasteiger charge is 2.10. The Morgan fingerprint density at radius 3 is 3.00 bits per heavy atom. The number of pyridine rings is 1. The van der Waals surface area contributed by atoms with Crippen LogP contribution in [0.3, 0.4) is 0 Å². The molecule has 0 spiro atoms. The molecule has 7 nitrogen and oxygen atoms in total. The highest BCUT2D eigenvalue weighted by atomic mass is 16.5. The molecule has 114 valence electrons. The van der Waals surface area contributed by atoms with Crippen LogP contribution in [0.4, 0.5) is 0 Å². The average molecular weight is 298 g/mol. The van der Waals surface area contributed by atoms with E-state index in [4.69, 9.17) is 4.52 Å². The Kier molecular flexibility index (Phi) is 4.24. The third-order valence-electron chi connectivity index (χ3n) is 3.19. The molecule has 3 aromatic heterocycles. The molecular formula is C15H18N6O. The largest absolute Gasteiger partial charge is 0.337 e. The summed E-state index contributed by atoms with van der Waals surface area (Å²) in [6, 6.07) is 5.84. The second-order valence-corrected chi connectivity index (χ2v) is 5.25. The molecule has 0 saturated heterocycles. The van der Waals surface area contributed by atoms with Crippen LogP contribution in [0, 0.1) is 6.92 Å². The zero-order valence-electron chi connectivity index (χ0n) is 12.6. The van der Waals surface area contributed by atoms with E-state index in [-0.39, 0.29) is 6.04 Å². The molecule has 0 aliphatic heterocycles. The van der Waals surface area contributed by atoms with Gasteiger partial charge in [-0.05, 0) is 31.5 Å². The van der Waals surface area contributed by atoms with Crippen molar-refractivity contribution in [2.24, 2.45) is 0 Å². The van der Waals surface area contributed by atoms with E-state index < -0.39 is 0 Å². The van der Waals surface area contributed by atoms with Gasteiger partial charge in [0.2, 0.25) is 11.7 Å². The molecule has 1 atom stereocenters. The van der Waals surface area contributed by atoms with Gasteiger partial charge in [0.15, 0.2) is 0 Å². The van der Waals surface area contributed by atoms with Crippen LogP contribution in [-0.4, -0.2) is 30.9 Å². The Morgan fingerprint density at radius 1 is 1.36 bits per heavy atom. The SMILES string of the molecule is Cc1cnn(C[C@H](C)NCc2nc(-c3ccccn3)no2)c1. The van der Waals surface area contributed by atoms with E-state index in [0.717, 1.165) is 12.1 Å². The number of rotatable bonds is 6. The van der Waals surface area contributed by atoms with Crippen LogP contribution >= 0.6 is 0 Å². The van der Waals surface area contributed by atoms with Gasteiger partial charge in [0.05, 0.1) is 19.3 Å². The number of aromatic nitrogens is 5. The number of aryl methyl sites for hydroxylation is 1. The van der Waals surface area contributed by atoms with Gasteiger partial charge in [0, 0.05) is 18.4 Å². The number of nitrogens with zero attached hydrogens (tertiary/aromatic N) is 5. The zero-order chi connectivity index (χ0) is 15.4. The second kappa shape index (κ2) is 6.48. The van der Waals surface area contributed by atoms with Crippen LogP contribution in [0.25, 0.3) is 11.5 Å². The lowest BCUT2D eigenvalue weighted by molar-refractivity contribution is 0.350. The highest BCUT2D eigenvalue weighted by Crippen LogP contribution is 2.11. The smallest absolute Gasteiger partial charge is 0.240 e. The molecular weight excluding hydrogens is 280 g/mol. The summed E-state index contributed by atoms with van der Waals surface area (Å²) < 4.78 is 7.15. The summed E-state index contributed by atoms with van der Waals surface area (Å²) >= 11 is 0. The summed E-state index contributed by atoms with van der Waals surface area (Å²) in [6.45, 7) is 5.42. The lowest BCUT2D eigenvalue weighted by Crippen LogP contribution is -2.30. The number of hydrogen-bond donors (Lipinski definition) is 1. The molecule has 3 rings (SSSR count). The van der Waals surface area contributed by atoms with E-state index in [0.29, 0.717) is 24.0 Å². The fourth-order valence-corrected chi connectivity index (χ4v) is 2.10. The van der Waals surface area contributed by atoms with Crippen molar-refractivity contribution in [1.29, 1.82) is 0 Å². The van der Waals surface area contributed by atoms with E-state index in [1.54, 1.807) is 6.20 Å². The summed E-state index contributed by atoms with van der Waals surface area (Å²) in [5, 5.41) is 11.6. The molecule has 0 unspecified atom stereocenters. The standard InChI is InChI=1S/C15H18N6O/c1-11-7-18-21(9-11)10-12(2)17-8-14-19-15(20-22-14)13-5-3-4-6-16-13/h3-7,9,12,17H,8,10H2,1-2H3/t12-/m0/s1. The molecule has 0 bridgehead atoms. The van der Waals surface area contributed by atoms with Gasteiger partial charge in [-0.1, -0.05) is 11.2 Å². The highest BCUT2D eigenvalue weighted by molar-refractivity contribution is 5.46. The van der Waals surface area contributed by atoms with E-state index in [9.17, 15) is 0 Å². The first-order valence-electron chi connectivity index (χ1n) is 7.17. The van der Waals surface area contributed by atoms with Gasteiger partial charge in [-0.2, -0.15) is 10.1 Å². The van der Waals surface area contributed by atoms with E-state index in [1.807, 2.05) is 42.2 Å². The molecule has 1 N–H and O–H groups in total. The molecule has 7 heteroatoms. The molecule has 0 fully saturated rings. The average Bonchev–Trinajstić information content (AvgIpc) is 3.15. The van der Waals surface area contributed by atoms with Gasteiger partial charge in [-0.25, -0.2) is 0 Å². The topological polar surface area (TPSA) is 81.7 Å². The van der Waals surface area contributed by atoms with Gasteiger partial charge >= 0.3 is 0 Å². The van der Waals surface area contributed by atoms with Gasteiger partial charge in [-0.3, -0.25) is 9.67 Å². The Balaban J connectivity index is 1.54. The molecule has 0 saturated carbocycles. The van der Waals surface area contributed by atoms with Crippen LogP contribution in [0.5, 0.6) is 0 Å². The van der Waals surface area contributed by atoms with Gasteiger partial charge in [-0.15, -0.1) is 0 Å². The summed E-state index contributed by atoms with van der Waals surface area (Å²) in [7, 11) is 0. The zero-order valence-corrected chi connectivity index (χ0v) is 12.6. The summed E-state index contributed by atoms with van der Waals surface area (Å²) in [5.74, 6) is 1.05. The molecule has 0 aromatic carbocycles. The maximum absolute atomic E-state index is 5.24. The van der Waals surface area contributed by atoms with Crippen molar-refractivity contribution < 1.29 is 4.52 Å². The Bertz CT molecular complexity index is 720. The summed E-state index contributed by atoms with van der Waals surface area (Å²) in [5.41, 5.74) is 1.86. The van der Waals surface area contributed by atoms with Crippen LogP contribution in [0.1, 0.15) is 18.4 Å². The minimum Gasteiger partial charge on any atom is -0.337 e. The predicted molar refractivity (Wildman–Crippen MR) is 80.8 cm³/mol. The Hall–Kier alpha value is -2.54. The molecule has 22 heavy (non-hydrogen) atoms. The lowest BCUT2D eigenvalue weighted by Gasteiger charge is -2.11. The maximum Gasteiger partial charge on any atom is 0.240 e.